The number of rotatable bonds is 6. The summed E-state index contributed by atoms with van der Waals surface area (Å²) in [5.74, 6) is 0.743. The van der Waals surface area contributed by atoms with Gasteiger partial charge in [-0.1, -0.05) is 35.0 Å². The van der Waals surface area contributed by atoms with Gasteiger partial charge < -0.3 is 14.8 Å². The predicted molar refractivity (Wildman–Crippen MR) is 117 cm³/mol. The lowest BCUT2D eigenvalue weighted by molar-refractivity contribution is -0.113. The summed E-state index contributed by atoms with van der Waals surface area (Å²) in [5.41, 5.74) is 2.60. The normalized spacial score (nSPS) is 10.8. The summed E-state index contributed by atoms with van der Waals surface area (Å²) in [5, 5.41) is 12.8. The fourth-order valence-corrected chi connectivity index (χ4v) is 3.67. The van der Waals surface area contributed by atoms with Crippen LogP contribution in [0.3, 0.4) is 0 Å². The molecule has 0 aliphatic carbocycles. The number of carbonyl (C=O) groups is 1. The Morgan fingerprint density at radius 3 is 2.50 bits per heavy atom. The Morgan fingerprint density at radius 2 is 1.86 bits per heavy atom. The van der Waals surface area contributed by atoms with Gasteiger partial charge >= 0.3 is 0 Å². The molecule has 0 unspecified atom stereocenters. The van der Waals surface area contributed by atoms with Gasteiger partial charge in [0, 0.05) is 37.4 Å². The highest BCUT2D eigenvalue weighted by atomic mass is 35.5. The van der Waals surface area contributed by atoms with Crippen LogP contribution in [0.5, 0.6) is 0 Å². The quantitative estimate of drug-likeness (QED) is 0.573. The number of carbonyl (C=O) groups excluding carboxylic acids is 1. The van der Waals surface area contributed by atoms with Crippen molar-refractivity contribution in [2.75, 3.05) is 30.1 Å². The van der Waals surface area contributed by atoms with Crippen LogP contribution in [-0.2, 0) is 11.8 Å². The van der Waals surface area contributed by atoms with Crippen molar-refractivity contribution in [1.29, 1.82) is 0 Å². The summed E-state index contributed by atoms with van der Waals surface area (Å²) in [6.07, 6.45) is 0. The lowest BCUT2D eigenvalue weighted by atomic mass is 10.2. The molecule has 0 atom stereocenters. The van der Waals surface area contributed by atoms with E-state index in [4.69, 9.17) is 23.2 Å². The molecule has 3 aromatic rings. The number of anilines is 2. The largest absolute Gasteiger partial charge is 0.378 e. The maximum Gasteiger partial charge on any atom is 0.234 e. The van der Waals surface area contributed by atoms with Gasteiger partial charge in [0.1, 0.15) is 0 Å². The van der Waals surface area contributed by atoms with Crippen molar-refractivity contribution in [3.63, 3.8) is 0 Å². The molecule has 0 aliphatic heterocycles. The third-order valence-electron chi connectivity index (χ3n) is 4.01. The standard InChI is InChI=1S/C19H19Cl2N5OS/c1-25(2)14-7-4-12(5-8-14)18-23-24-19(26(18)3)28-11-17(27)22-16-9-6-13(20)10-15(16)21/h4-10H,11H2,1-3H3,(H,22,27). The smallest absolute Gasteiger partial charge is 0.234 e. The summed E-state index contributed by atoms with van der Waals surface area (Å²) in [7, 11) is 5.87. The van der Waals surface area contributed by atoms with E-state index in [0.717, 1.165) is 17.1 Å². The number of nitrogens with one attached hydrogen (secondary N) is 1. The van der Waals surface area contributed by atoms with E-state index in [-0.39, 0.29) is 11.7 Å². The summed E-state index contributed by atoms with van der Waals surface area (Å²) < 4.78 is 1.87. The Morgan fingerprint density at radius 1 is 1.14 bits per heavy atom. The maximum atomic E-state index is 12.2. The molecule has 0 saturated carbocycles. The molecule has 1 amide bonds. The molecule has 2 aromatic carbocycles. The summed E-state index contributed by atoms with van der Waals surface area (Å²) in [6, 6.07) is 13.0. The predicted octanol–water partition coefficient (Wildman–Crippen LogP) is 4.59. The number of amides is 1. The summed E-state index contributed by atoms with van der Waals surface area (Å²) >= 11 is 13.3. The molecule has 0 bridgehead atoms. The van der Waals surface area contributed by atoms with Crippen LogP contribution in [0.2, 0.25) is 10.0 Å². The lowest BCUT2D eigenvalue weighted by Gasteiger charge is -2.12. The minimum atomic E-state index is -0.186. The van der Waals surface area contributed by atoms with Gasteiger partial charge in [-0.2, -0.15) is 0 Å². The summed E-state index contributed by atoms with van der Waals surface area (Å²) in [4.78, 5) is 14.3. The highest BCUT2D eigenvalue weighted by molar-refractivity contribution is 7.99. The maximum absolute atomic E-state index is 12.2. The number of benzene rings is 2. The second kappa shape index (κ2) is 8.86. The van der Waals surface area contributed by atoms with E-state index >= 15 is 0 Å². The molecular formula is C19H19Cl2N5OS. The molecule has 0 saturated heterocycles. The molecule has 0 radical (unpaired) electrons. The van der Waals surface area contributed by atoms with Gasteiger partial charge in [-0.3, -0.25) is 4.79 Å². The Bertz CT molecular complexity index is 988. The number of hydrogen-bond acceptors (Lipinski definition) is 5. The molecule has 3 rings (SSSR count). The van der Waals surface area contributed by atoms with Gasteiger partial charge in [0.2, 0.25) is 5.91 Å². The van der Waals surface area contributed by atoms with Crippen molar-refractivity contribution in [2.45, 2.75) is 5.16 Å². The van der Waals surface area contributed by atoms with Crippen LogP contribution in [0.25, 0.3) is 11.4 Å². The Balaban J connectivity index is 1.64. The van der Waals surface area contributed by atoms with E-state index in [1.165, 1.54) is 11.8 Å². The SMILES string of the molecule is CN(C)c1ccc(-c2nnc(SCC(=O)Nc3ccc(Cl)cc3Cl)n2C)cc1. The van der Waals surface area contributed by atoms with Gasteiger partial charge in [-0.05, 0) is 42.5 Å². The van der Waals surface area contributed by atoms with Crippen LogP contribution in [0, 0.1) is 0 Å². The van der Waals surface area contributed by atoms with Crippen LogP contribution in [0.15, 0.2) is 47.6 Å². The Kier molecular flexibility index (Phi) is 6.49. The highest BCUT2D eigenvalue weighted by Crippen LogP contribution is 2.27. The van der Waals surface area contributed by atoms with Crippen molar-refractivity contribution in [1.82, 2.24) is 14.8 Å². The van der Waals surface area contributed by atoms with Crippen LogP contribution in [0.1, 0.15) is 0 Å². The highest BCUT2D eigenvalue weighted by Gasteiger charge is 2.14. The Hall–Kier alpha value is -2.22. The zero-order valence-corrected chi connectivity index (χ0v) is 17.9. The van der Waals surface area contributed by atoms with Gasteiger partial charge in [-0.25, -0.2) is 0 Å². The molecule has 0 aliphatic rings. The first-order chi connectivity index (χ1) is 13.3. The number of hydrogen-bond donors (Lipinski definition) is 1. The van der Waals surface area contributed by atoms with E-state index in [1.54, 1.807) is 18.2 Å². The first kappa shape index (κ1) is 20.5. The van der Waals surface area contributed by atoms with E-state index in [2.05, 4.69) is 15.5 Å². The molecule has 6 nitrogen and oxygen atoms in total. The van der Waals surface area contributed by atoms with Crippen LogP contribution >= 0.6 is 35.0 Å². The average molecular weight is 436 g/mol. The second-order valence-electron chi connectivity index (χ2n) is 6.27. The molecule has 1 aromatic heterocycles. The first-order valence-corrected chi connectivity index (χ1v) is 10.1. The zero-order chi connectivity index (χ0) is 20.3. The minimum absolute atomic E-state index is 0.185. The fourth-order valence-electron chi connectivity index (χ4n) is 2.51. The number of halogens is 2. The monoisotopic (exact) mass is 435 g/mol. The van der Waals surface area contributed by atoms with Crippen molar-refractivity contribution in [2.24, 2.45) is 7.05 Å². The fraction of sp³-hybridized carbons (Fsp3) is 0.211. The molecule has 0 fully saturated rings. The molecule has 28 heavy (non-hydrogen) atoms. The second-order valence-corrected chi connectivity index (χ2v) is 8.05. The van der Waals surface area contributed by atoms with Crippen molar-refractivity contribution >= 4 is 52.2 Å². The van der Waals surface area contributed by atoms with E-state index in [1.807, 2.05) is 54.9 Å². The Labute approximate surface area is 177 Å². The molecular weight excluding hydrogens is 417 g/mol. The molecule has 9 heteroatoms. The number of thioether (sulfide) groups is 1. The number of aromatic nitrogens is 3. The summed E-state index contributed by atoms with van der Waals surface area (Å²) in [6.45, 7) is 0. The third kappa shape index (κ3) is 4.79. The van der Waals surface area contributed by atoms with Crippen molar-refractivity contribution < 1.29 is 4.79 Å². The third-order valence-corrected chi connectivity index (χ3v) is 5.58. The minimum Gasteiger partial charge on any atom is -0.378 e. The topological polar surface area (TPSA) is 63.1 Å². The number of nitrogens with zero attached hydrogens (tertiary/aromatic N) is 4. The van der Waals surface area contributed by atoms with Gasteiger partial charge in [0.15, 0.2) is 11.0 Å². The molecule has 1 N–H and O–H groups in total. The molecule has 0 spiro atoms. The van der Waals surface area contributed by atoms with Gasteiger partial charge in [0.25, 0.3) is 0 Å². The van der Waals surface area contributed by atoms with E-state index in [0.29, 0.717) is 20.9 Å². The zero-order valence-electron chi connectivity index (χ0n) is 15.6. The molecule has 1 heterocycles. The van der Waals surface area contributed by atoms with E-state index < -0.39 is 0 Å². The average Bonchev–Trinajstić information content (AvgIpc) is 3.03. The van der Waals surface area contributed by atoms with Crippen LogP contribution in [0.4, 0.5) is 11.4 Å². The van der Waals surface area contributed by atoms with Crippen molar-refractivity contribution in [3.8, 4) is 11.4 Å². The van der Waals surface area contributed by atoms with Crippen LogP contribution in [-0.4, -0.2) is 40.5 Å². The lowest BCUT2D eigenvalue weighted by Crippen LogP contribution is -2.14. The van der Waals surface area contributed by atoms with E-state index in [9.17, 15) is 4.79 Å². The molecule has 146 valence electrons. The van der Waals surface area contributed by atoms with Gasteiger partial charge in [0.05, 0.1) is 16.5 Å². The van der Waals surface area contributed by atoms with Gasteiger partial charge in [-0.15, -0.1) is 10.2 Å². The van der Waals surface area contributed by atoms with Crippen LogP contribution < -0.4 is 10.2 Å². The first-order valence-electron chi connectivity index (χ1n) is 8.40. The van der Waals surface area contributed by atoms with Crippen molar-refractivity contribution in [3.05, 3.63) is 52.5 Å².